The highest BCUT2D eigenvalue weighted by Crippen LogP contribution is 2.23. The highest BCUT2D eigenvalue weighted by atomic mass is 35.5. The van der Waals surface area contributed by atoms with Gasteiger partial charge in [-0.25, -0.2) is 0 Å². The van der Waals surface area contributed by atoms with Crippen LogP contribution in [-0.2, 0) is 4.79 Å². The van der Waals surface area contributed by atoms with Gasteiger partial charge in [0, 0.05) is 24.6 Å². The first-order valence-corrected chi connectivity index (χ1v) is 5.73. The molecule has 0 saturated carbocycles. The van der Waals surface area contributed by atoms with Crippen LogP contribution in [0.2, 0.25) is 5.02 Å². The Morgan fingerprint density at radius 1 is 1.56 bits per heavy atom. The molecule has 1 rings (SSSR count). The van der Waals surface area contributed by atoms with Crippen LogP contribution in [-0.4, -0.2) is 17.4 Å². The number of carbonyl (C=O) groups is 1. The largest absolute Gasteiger partial charge is 0.356 e. The Balaban J connectivity index is 2.70. The molecule has 1 aromatic rings. The van der Waals surface area contributed by atoms with Crippen molar-refractivity contribution in [2.45, 2.75) is 13.3 Å². The van der Waals surface area contributed by atoms with Crippen molar-refractivity contribution in [3.05, 3.63) is 45.0 Å². The van der Waals surface area contributed by atoms with Crippen molar-refractivity contribution in [1.29, 1.82) is 0 Å². The fourth-order valence-electron chi connectivity index (χ4n) is 1.37. The minimum Gasteiger partial charge on any atom is -0.356 e. The van der Waals surface area contributed by atoms with Gasteiger partial charge < -0.3 is 5.32 Å². The summed E-state index contributed by atoms with van der Waals surface area (Å²) >= 11 is 5.79. The molecule has 1 aromatic carbocycles. The molecule has 0 aliphatic rings. The van der Waals surface area contributed by atoms with Gasteiger partial charge in [-0.15, -0.1) is 0 Å². The summed E-state index contributed by atoms with van der Waals surface area (Å²) in [5, 5.41) is 13.9. The second-order valence-electron chi connectivity index (χ2n) is 3.63. The molecular weight excluding hydrogens is 256 g/mol. The predicted octanol–water partition coefficient (Wildman–Crippen LogP) is 2.79. The lowest BCUT2D eigenvalue weighted by atomic mass is 10.1. The second kappa shape index (κ2) is 6.76. The molecule has 18 heavy (non-hydrogen) atoms. The van der Waals surface area contributed by atoms with Crippen molar-refractivity contribution in [1.82, 2.24) is 5.32 Å². The molecule has 0 aromatic heterocycles. The quantitative estimate of drug-likeness (QED) is 0.507. The van der Waals surface area contributed by atoms with Crippen LogP contribution in [0.1, 0.15) is 18.9 Å². The standard InChI is InChI=1S/C12H13ClN2O3/c1-9(16)14-7-3-2-4-10-8-11(13)5-6-12(10)15(17)18/h2,4-6,8H,3,7H2,1H3,(H,14,16). The molecule has 0 aliphatic carbocycles. The number of nitrogens with zero attached hydrogens (tertiary/aromatic N) is 1. The summed E-state index contributed by atoms with van der Waals surface area (Å²) in [5.41, 5.74) is 0.463. The summed E-state index contributed by atoms with van der Waals surface area (Å²) in [5.74, 6) is -0.0999. The fourth-order valence-corrected chi connectivity index (χ4v) is 1.55. The van der Waals surface area contributed by atoms with E-state index >= 15 is 0 Å². The van der Waals surface area contributed by atoms with Crippen LogP contribution >= 0.6 is 11.6 Å². The van der Waals surface area contributed by atoms with Crippen LogP contribution < -0.4 is 5.32 Å². The van der Waals surface area contributed by atoms with E-state index in [1.165, 1.54) is 25.1 Å². The molecule has 0 bridgehead atoms. The zero-order chi connectivity index (χ0) is 13.5. The van der Waals surface area contributed by atoms with E-state index in [0.29, 0.717) is 23.6 Å². The minimum absolute atomic E-state index is 0.00942. The van der Waals surface area contributed by atoms with Gasteiger partial charge in [-0.3, -0.25) is 14.9 Å². The summed E-state index contributed by atoms with van der Waals surface area (Å²) in [6.45, 7) is 1.94. The van der Waals surface area contributed by atoms with E-state index in [0.717, 1.165) is 0 Å². The average Bonchev–Trinajstić information content (AvgIpc) is 2.27. The molecule has 1 amide bonds. The van der Waals surface area contributed by atoms with E-state index in [4.69, 9.17) is 11.6 Å². The first-order valence-electron chi connectivity index (χ1n) is 5.35. The Morgan fingerprint density at radius 3 is 2.89 bits per heavy atom. The second-order valence-corrected chi connectivity index (χ2v) is 4.07. The lowest BCUT2D eigenvalue weighted by molar-refractivity contribution is -0.385. The molecule has 0 aliphatic heterocycles. The van der Waals surface area contributed by atoms with E-state index in [9.17, 15) is 14.9 Å². The molecule has 0 spiro atoms. The van der Waals surface area contributed by atoms with Crippen LogP contribution in [0, 0.1) is 10.1 Å². The van der Waals surface area contributed by atoms with Gasteiger partial charge in [0.05, 0.1) is 10.5 Å². The number of benzene rings is 1. The number of rotatable bonds is 5. The molecule has 0 atom stereocenters. The Hall–Kier alpha value is -1.88. The Morgan fingerprint density at radius 2 is 2.28 bits per heavy atom. The zero-order valence-electron chi connectivity index (χ0n) is 9.85. The summed E-state index contributed by atoms with van der Waals surface area (Å²) < 4.78 is 0. The van der Waals surface area contributed by atoms with Crippen molar-refractivity contribution < 1.29 is 9.72 Å². The topological polar surface area (TPSA) is 72.2 Å². The van der Waals surface area contributed by atoms with Gasteiger partial charge in [-0.2, -0.15) is 0 Å². The third-order valence-electron chi connectivity index (χ3n) is 2.17. The third kappa shape index (κ3) is 4.55. The van der Waals surface area contributed by atoms with Crippen LogP contribution in [0.3, 0.4) is 0 Å². The number of hydrogen-bond donors (Lipinski definition) is 1. The van der Waals surface area contributed by atoms with Gasteiger partial charge in [-0.05, 0) is 18.6 Å². The van der Waals surface area contributed by atoms with E-state index in [2.05, 4.69) is 5.32 Å². The van der Waals surface area contributed by atoms with E-state index in [-0.39, 0.29) is 11.6 Å². The van der Waals surface area contributed by atoms with Gasteiger partial charge in [-0.1, -0.05) is 23.8 Å². The Bertz CT molecular complexity index is 486. The number of nitro benzene ring substituents is 1. The number of carbonyl (C=O) groups excluding carboxylic acids is 1. The lowest BCUT2D eigenvalue weighted by Crippen LogP contribution is -2.20. The summed E-state index contributed by atoms with van der Waals surface area (Å²) in [6, 6.07) is 4.39. The van der Waals surface area contributed by atoms with E-state index < -0.39 is 4.92 Å². The summed E-state index contributed by atoms with van der Waals surface area (Å²) in [7, 11) is 0. The average molecular weight is 269 g/mol. The maximum absolute atomic E-state index is 10.8. The zero-order valence-corrected chi connectivity index (χ0v) is 10.6. The number of amides is 1. The van der Waals surface area contributed by atoms with Crippen molar-refractivity contribution >= 4 is 29.3 Å². The SMILES string of the molecule is CC(=O)NCCC=Cc1cc(Cl)ccc1[N+](=O)[O-]. The van der Waals surface area contributed by atoms with Gasteiger partial charge in [0.2, 0.25) is 5.91 Å². The van der Waals surface area contributed by atoms with Crippen LogP contribution in [0.25, 0.3) is 6.08 Å². The molecule has 0 saturated heterocycles. The van der Waals surface area contributed by atoms with Crippen LogP contribution in [0.4, 0.5) is 5.69 Å². The van der Waals surface area contributed by atoms with Crippen molar-refractivity contribution in [2.24, 2.45) is 0 Å². The number of halogens is 1. The summed E-state index contributed by atoms with van der Waals surface area (Å²) in [6.07, 6.45) is 3.99. The van der Waals surface area contributed by atoms with Gasteiger partial charge in [0.15, 0.2) is 0 Å². The minimum atomic E-state index is -0.455. The van der Waals surface area contributed by atoms with E-state index in [1.807, 2.05) is 0 Å². The smallest absolute Gasteiger partial charge is 0.276 e. The van der Waals surface area contributed by atoms with Crippen LogP contribution in [0.5, 0.6) is 0 Å². The monoisotopic (exact) mass is 268 g/mol. The van der Waals surface area contributed by atoms with Gasteiger partial charge >= 0.3 is 0 Å². The number of hydrogen-bond acceptors (Lipinski definition) is 3. The Labute approximate surface area is 110 Å². The van der Waals surface area contributed by atoms with Crippen molar-refractivity contribution in [3.63, 3.8) is 0 Å². The molecular formula is C12H13ClN2O3. The fraction of sp³-hybridized carbons (Fsp3) is 0.250. The summed E-state index contributed by atoms with van der Waals surface area (Å²) in [4.78, 5) is 21.0. The number of nitro groups is 1. The van der Waals surface area contributed by atoms with E-state index in [1.54, 1.807) is 12.2 Å². The highest BCUT2D eigenvalue weighted by Gasteiger charge is 2.10. The molecule has 0 fully saturated rings. The number of nitrogens with one attached hydrogen (secondary N) is 1. The van der Waals surface area contributed by atoms with Gasteiger partial charge in [0.25, 0.3) is 5.69 Å². The molecule has 0 unspecified atom stereocenters. The van der Waals surface area contributed by atoms with Crippen LogP contribution in [0.15, 0.2) is 24.3 Å². The molecule has 0 heterocycles. The molecule has 0 radical (unpaired) electrons. The molecule has 1 N–H and O–H groups in total. The Kier molecular flexibility index (Phi) is 5.32. The molecule has 96 valence electrons. The molecule has 5 nitrogen and oxygen atoms in total. The molecule has 6 heteroatoms. The predicted molar refractivity (Wildman–Crippen MR) is 70.4 cm³/mol. The van der Waals surface area contributed by atoms with Crippen molar-refractivity contribution in [3.8, 4) is 0 Å². The van der Waals surface area contributed by atoms with Crippen molar-refractivity contribution in [2.75, 3.05) is 6.54 Å². The maximum Gasteiger partial charge on any atom is 0.276 e. The third-order valence-corrected chi connectivity index (χ3v) is 2.40. The first kappa shape index (κ1) is 14.2. The van der Waals surface area contributed by atoms with Gasteiger partial charge in [0.1, 0.15) is 0 Å². The highest BCUT2D eigenvalue weighted by molar-refractivity contribution is 6.30. The maximum atomic E-state index is 10.8. The lowest BCUT2D eigenvalue weighted by Gasteiger charge is -1.99. The normalized spacial score (nSPS) is 10.6. The first-order chi connectivity index (χ1) is 8.50.